The highest BCUT2D eigenvalue weighted by atomic mass is 16.5. The number of guanidine groups is 1. The van der Waals surface area contributed by atoms with Gasteiger partial charge in [-0.15, -0.1) is 10.2 Å². The number of aliphatic imine (C=N–C) groups is 1. The lowest BCUT2D eigenvalue weighted by Crippen LogP contribution is -2.40. The average molecular weight is 296 g/mol. The largest absolute Gasteiger partial charge is 0.380 e. The van der Waals surface area contributed by atoms with E-state index < -0.39 is 0 Å². The number of nitrogens with zero attached hydrogens (tertiary/aromatic N) is 4. The standard InChI is InChI=1S/C14H28N6O/c1-4-6-10-21-11-8-17-14(15-3)16-7-9-20-12-18-19-13(20)5-2/h12H,4-11H2,1-3H3,(H2,15,16,17). The van der Waals surface area contributed by atoms with E-state index >= 15 is 0 Å². The van der Waals surface area contributed by atoms with Gasteiger partial charge in [0.05, 0.1) is 6.61 Å². The van der Waals surface area contributed by atoms with Crippen molar-refractivity contribution in [1.82, 2.24) is 25.4 Å². The zero-order chi connectivity index (χ0) is 15.3. The highest BCUT2D eigenvalue weighted by Crippen LogP contribution is 1.94. The number of rotatable bonds is 10. The second-order valence-corrected chi connectivity index (χ2v) is 4.69. The SMILES string of the molecule is CCCCOCCNC(=NC)NCCn1cnnc1CC. The van der Waals surface area contributed by atoms with Crippen LogP contribution in [0, 0.1) is 0 Å². The molecule has 7 heteroatoms. The molecule has 0 fully saturated rings. The topological polar surface area (TPSA) is 76.4 Å². The van der Waals surface area contributed by atoms with Crippen LogP contribution >= 0.6 is 0 Å². The molecule has 0 bridgehead atoms. The molecule has 7 nitrogen and oxygen atoms in total. The number of aromatic nitrogens is 3. The van der Waals surface area contributed by atoms with Crippen molar-refractivity contribution in [3.63, 3.8) is 0 Å². The predicted octanol–water partition coefficient (Wildman–Crippen LogP) is 0.822. The number of unbranched alkanes of at least 4 members (excludes halogenated alkanes) is 1. The fourth-order valence-corrected chi connectivity index (χ4v) is 1.84. The van der Waals surface area contributed by atoms with E-state index in [0.29, 0.717) is 6.61 Å². The summed E-state index contributed by atoms with van der Waals surface area (Å²) in [6, 6.07) is 0. The molecule has 0 aliphatic heterocycles. The average Bonchev–Trinajstić information content (AvgIpc) is 2.96. The minimum Gasteiger partial charge on any atom is -0.380 e. The van der Waals surface area contributed by atoms with Gasteiger partial charge in [0.2, 0.25) is 0 Å². The Morgan fingerprint density at radius 2 is 2.10 bits per heavy atom. The van der Waals surface area contributed by atoms with Crippen LogP contribution in [0.5, 0.6) is 0 Å². The fraction of sp³-hybridized carbons (Fsp3) is 0.786. The van der Waals surface area contributed by atoms with Gasteiger partial charge in [-0.3, -0.25) is 4.99 Å². The van der Waals surface area contributed by atoms with Gasteiger partial charge in [0.25, 0.3) is 0 Å². The van der Waals surface area contributed by atoms with Crippen LogP contribution in [0.1, 0.15) is 32.5 Å². The third-order valence-electron chi connectivity index (χ3n) is 3.06. The summed E-state index contributed by atoms with van der Waals surface area (Å²) in [5.41, 5.74) is 0. The van der Waals surface area contributed by atoms with E-state index in [2.05, 4.69) is 39.7 Å². The molecule has 1 rings (SSSR count). The first-order valence-corrected chi connectivity index (χ1v) is 7.70. The first kappa shape index (κ1) is 17.4. The maximum Gasteiger partial charge on any atom is 0.191 e. The number of ether oxygens (including phenoxy) is 1. The molecule has 0 saturated carbocycles. The summed E-state index contributed by atoms with van der Waals surface area (Å²) < 4.78 is 7.55. The van der Waals surface area contributed by atoms with Crippen molar-refractivity contribution in [2.45, 2.75) is 39.7 Å². The van der Waals surface area contributed by atoms with Crippen molar-refractivity contribution < 1.29 is 4.74 Å². The number of aryl methyl sites for hydroxylation is 1. The maximum absolute atomic E-state index is 5.50. The lowest BCUT2D eigenvalue weighted by atomic mass is 10.4. The van der Waals surface area contributed by atoms with Gasteiger partial charge in [-0.05, 0) is 6.42 Å². The highest BCUT2D eigenvalue weighted by molar-refractivity contribution is 5.79. The third kappa shape index (κ3) is 7.08. The van der Waals surface area contributed by atoms with E-state index in [9.17, 15) is 0 Å². The molecule has 0 aliphatic rings. The minimum atomic E-state index is 0.701. The van der Waals surface area contributed by atoms with Crippen molar-refractivity contribution in [1.29, 1.82) is 0 Å². The molecule has 0 amide bonds. The Morgan fingerprint density at radius 3 is 2.81 bits per heavy atom. The fourth-order valence-electron chi connectivity index (χ4n) is 1.84. The summed E-state index contributed by atoms with van der Waals surface area (Å²) in [4.78, 5) is 4.18. The van der Waals surface area contributed by atoms with E-state index in [4.69, 9.17) is 4.74 Å². The summed E-state index contributed by atoms with van der Waals surface area (Å²) in [6.07, 6.45) is 4.94. The molecular weight excluding hydrogens is 268 g/mol. The Hall–Kier alpha value is -1.63. The molecule has 21 heavy (non-hydrogen) atoms. The number of nitrogens with one attached hydrogen (secondary N) is 2. The van der Waals surface area contributed by atoms with Gasteiger partial charge in [0, 0.05) is 39.7 Å². The molecule has 120 valence electrons. The molecule has 0 spiro atoms. The van der Waals surface area contributed by atoms with Gasteiger partial charge in [-0.1, -0.05) is 20.3 Å². The Kier molecular flexibility index (Phi) is 9.19. The predicted molar refractivity (Wildman–Crippen MR) is 84.5 cm³/mol. The van der Waals surface area contributed by atoms with Crippen LogP contribution in [0.2, 0.25) is 0 Å². The van der Waals surface area contributed by atoms with Crippen molar-refractivity contribution >= 4 is 5.96 Å². The Bertz CT molecular complexity index is 404. The van der Waals surface area contributed by atoms with Gasteiger partial charge in [-0.2, -0.15) is 0 Å². The molecular formula is C14H28N6O. The quantitative estimate of drug-likeness (QED) is 0.380. The lowest BCUT2D eigenvalue weighted by Gasteiger charge is -2.12. The first-order chi connectivity index (χ1) is 10.3. The van der Waals surface area contributed by atoms with E-state index in [1.165, 1.54) is 6.42 Å². The van der Waals surface area contributed by atoms with Gasteiger partial charge in [0.15, 0.2) is 5.96 Å². The van der Waals surface area contributed by atoms with Crippen molar-refractivity contribution in [3.8, 4) is 0 Å². The Morgan fingerprint density at radius 1 is 1.29 bits per heavy atom. The zero-order valence-corrected chi connectivity index (χ0v) is 13.4. The lowest BCUT2D eigenvalue weighted by molar-refractivity contribution is 0.136. The molecule has 0 aliphatic carbocycles. The van der Waals surface area contributed by atoms with E-state index in [1.54, 1.807) is 13.4 Å². The van der Waals surface area contributed by atoms with Gasteiger partial charge >= 0.3 is 0 Å². The number of hydrogen-bond acceptors (Lipinski definition) is 4. The van der Waals surface area contributed by atoms with Crippen molar-refractivity contribution in [3.05, 3.63) is 12.2 Å². The van der Waals surface area contributed by atoms with Crippen LogP contribution in [-0.2, 0) is 17.7 Å². The molecule has 0 unspecified atom stereocenters. The van der Waals surface area contributed by atoms with Crippen LogP contribution < -0.4 is 10.6 Å². The van der Waals surface area contributed by atoms with Gasteiger partial charge in [0.1, 0.15) is 12.2 Å². The van der Waals surface area contributed by atoms with E-state index in [-0.39, 0.29) is 0 Å². The summed E-state index contributed by atoms with van der Waals surface area (Å²) in [5, 5.41) is 14.5. The van der Waals surface area contributed by atoms with Crippen molar-refractivity contribution in [2.24, 2.45) is 4.99 Å². The van der Waals surface area contributed by atoms with Gasteiger partial charge in [-0.25, -0.2) is 0 Å². The summed E-state index contributed by atoms with van der Waals surface area (Å²) >= 11 is 0. The second kappa shape index (κ2) is 11.1. The van der Waals surface area contributed by atoms with Crippen LogP contribution in [-0.4, -0.2) is 54.1 Å². The molecule has 0 saturated heterocycles. The van der Waals surface area contributed by atoms with Crippen molar-refractivity contribution in [2.75, 3.05) is 33.4 Å². The second-order valence-electron chi connectivity index (χ2n) is 4.69. The normalized spacial score (nSPS) is 11.7. The van der Waals surface area contributed by atoms with Crippen LogP contribution in [0.25, 0.3) is 0 Å². The number of hydrogen-bond donors (Lipinski definition) is 2. The minimum absolute atomic E-state index is 0.701. The van der Waals surface area contributed by atoms with E-state index in [1.807, 2.05) is 4.57 Å². The Labute approximate surface area is 127 Å². The molecule has 0 aromatic carbocycles. The molecule has 0 atom stereocenters. The third-order valence-corrected chi connectivity index (χ3v) is 3.06. The molecule has 1 aromatic rings. The van der Waals surface area contributed by atoms with Crippen LogP contribution in [0.4, 0.5) is 0 Å². The zero-order valence-electron chi connectivity index (χ0n) is 13.4. The summed E-state index contributed by atoms with van der Waals surface area (Å²) in [5.74, 6) is 1.80. The maximum atomic E-state index is 5.50. The first-order valence-electron chi connectivity index (χ1n) is 7.70. The smallest absolute Gasteiger partial charge is 0.191 e. The Balaban J connectivity index is 2.14. The van der Waals surface area contributed by atoms with Crippen LogP contribution in [0.15, 0.2) is 11.3 Å². The van der Waals surface area contributed by atoms with Gasteiger partial charge < -0.3 is 19.9 Å². The monoisotopic (exact) mass is 296 g/mol. The molecule has 0 radical (unpaired) electrons. The molecule has 1 aromatic heterocycles. The summed E-state index contributed by atoms with van der Waals surface area (Å²) in [7, 11) is 1.77. The summed E-state index contributed by atoms with van der Waals surface area (Å²) in [6.45, 7) is 8.13. The van der Waals surface area contributed by atoms with Crippen LogP contribution in [0.3, 0.4) is 0 Å². The molecule has 1 heterocycles. The van der Waals surface area contributed by atoms with E-state index in [0.717, 1.165) is 50.9 Å². The molecule has 2 N–H and O–H groups in total. The highest BCUT2D eigenvalue weighted by Gasteiger charge is 2.01.